The molecule has 100 heavy (non-hydrogen) atoms. The van der Waals surface area contributed by atoms with Crippen LogP contribution in [0.15, 0.2) is 121 Å². The van der Waals surface area contributed by atoms with Crippen LogP contribution in [0.1, 0.15) is 307 Å². The lowest BCUT2D eigenvalue weighted by Gasteiger charge is -2.13. The predicted octanol–water partition coefficient (Wildman–Crippen LogP) is 30.0. The minimum Gasteiger partial charge on any atom is -0.488 e. The maximum atomic E-state index is 7.46. The Morgan fingerprint density at radius 3 is 0.570 bits per heavy atom. The third-order valence-corrected chi connectivity index (χ3v) is 22.5. The molecule has 0 fully saturated rings. The van der Waals surface area contributed by atoms with Crippen molar-refractivity contribution in [1.82, 2.24) is 9.97 Å². The number of hydrogen-bond donors (Lipinski definition) is 0. The van der Waals surface area contributed by atoms with Gasteiger partial charge in [-0.1, -0.05) is 380 Å². The molecule has 0 saturated carbocycles. The van der Waals surface area contributed by atoms with Gasteiger partial charge < -0.3 is 18.9 Å². The Morgan fingerprint density at radius 2 is 0.390 bits per heavy atom. The van der Waals surface area contributed by atoms with Crippen LogP contribution in [-0.2, 0) is 0 Å². The van der Waals surface area contributed by atoms with Gasteiger partial charge in [-0.3, -0.25) is 0 Å². The van der Waals surface area contributed by atoms with Gasteiger partial charge in [0, 0.05) is 22.3 Å². The molecular formula is C92H124N2O4S2. The molecule has 3 aromatic heterocycles. The summed E-state index contributed by atoms with van der Waals surface area (Å²) in [7, 11) is 0. The fourth-order valence-electron chi connectivity index (χ4n) is 14.3. The number of fused-ring (bicyclic) bond motifs is 8. The van der Waals surface area contributed by atoms with Gasteiger partial charge in [-0.2, -0.15) is 0 Å². The molecule has 0 atom stereocenters. The maximum Gasteiger partial charge on any atom is 0.180 e. The topological polar surface area (TPSA) is 62.7 Å². The van der Waals surface area contributed by atoms with Gasteiger partial charge in [-0.05, 0) is 72.2 Å². The van der Waals surface area contributed by atoms with Gasteiger partial charge in [-0.25, -0.2) is 9.97 Å². The minimum atomic E-state index is 0.586. The summed E-state index contributed by atoms with van der Waals surface area (Å²) in [5.41, 5.74) is 11.9. The third kappa shape index (κ3) is 24.3. The monoisotopic (exact) mass is 1380 g/mol. The van der Waals surface area contributed by atoms with Crippen molar-refractivity contribution in [2.45, 2.75) is 285 Å². The molecule has 2 aliphatic heterocycles. The lowest BCUT2D eigenvalue weighted by molar-refractivity contribution is 0.264. The second kappa shape index (κ2) is 46.2. The Bertz CT molecular complexity index is 3180. The highest BCUT2D eigenvalue weighted by atomic mass is 32.1. The fourth-order valence-corrected chi connectivity index (χ4v) is 17.0. The van der Waals surface area contributed by atoms with E-state index in [0.29, 0.717) is 26.4 Å². The lowest BCUT2D eigenvalue weighted by atomic mass is 10.0. The zero-order chi connectivity index (χ0) is 69.3. The molecule has 8 heteroatoms. The van der Waals surface area contributed by atoms with Crippen molar-refractivity contribution in [3.63, 3.8) is 0 Å². The molecule has 5 heterocycles. The Hall–Kier alpha value is -6.48. The number of thiophene rings is 2. The number of rotatable bonds is 52. The van der Waals surface area contributed by atoms with Crippen molar-refractivity contribution in [3.05, 3.63) is 144 Å². The summed E-state index contributed by atoms with van der Waals surface area (Å²) in [5.74, 6) is 3.20. The quantitative estimate of drug-likeness (QED) is 0.0354. The van der Waals surface area contributed by atoms with E-state index < -0.39 is 0 Å². The number of unbranched alkanes of at least 4 members (excludes halogenated alkanes) is 36. The number of benzene rings is 4. The largest absolute Gasteiger partial charge is 0.488 e. The molecule has 0 N–H and O–H groups in total. The summed E-state index contributed by atoms with van der Waals surface area (Å²) in [6.07, 6.45) is 59.2. The Kier molecular flexibility index (Phi) is 35.9. The molecule has 0 spiro atoms. The zero-order valence-corrected chi connectivity index (χ0v) is 63.9. The predicted molar refractivity (Wildman–Crippen MR) is 437 cm³/mol. The van der Waals surface area contributed by atoms with E-state index in [1.807, 2.05) is 0 Å². The Labute approximate surface area is 613 Å². The molecule has 0 radical (unpaired) electrons. The van der Waals surface area contributed by atoms with Crippen LogP contribution in [0, 0.1) is 0 Å². The minimum absolute atomic E-state index is 0.586. The summed E-state index contributed by atoms with van der Waals surface area (Å²) < 4.78 is 33.9. The summed E-state index contributed by atoms with van der Waals surface area (Å²) >= 11 is 3.54. The van der Waals surface area contributed by atoms with E-state index in [2.05, 4.69) is 173 Å². The standard InChI is InChI=1S/C92H124N2O4S2/c1-5-9-13-17-21-25-29-33-37-53-69-95-85-86(96-70-54-38-34-30-26-22-18-14-10-6-2)90-82(74-59-47-42-48-60-74)78-67-68-80(94-78)84(76-63-51-44-52-64-76)92-88(98-72-56-40-36-32-28-24-20-16-12-8-4)87(97-71-55-39-35-31-27-23-19-15-11-7-3)91(100-92)83(75-61-49-43-50-62-75)79-66-65-77(93-79)81(89(85)99-90)73-57-45-41-46-58-73/h41-52,57-68H,5-40,53-56,69-72H2,1-4H3. The van der Waals surface area contributed by atoms with Gasteiger partial charge in [-0.15, -0.1) is 22.7 Å². The molecule has 538 valence electrons. The Balaban J connectivity index is 1.26. The number of aromatic nitrogens is 2. The second-order valence-corrected chi connectivity index (χ2v) is 30.4. The maximum absolute atomic E-state index is 7.46. The van der Waals surface area contributed by atoms with Gasteiger partial charge in [0.15, 0.2) is 23.0 Å². The van der Waals surface area contributed by atoms with Crippen LogP contribution >= 0.6 is 22.7 Å². The van der Waals surface area contributed by atoms with Crippen LogP contribution in [0.25, 0.3) is 87.6 Å². The summed E-state index contributed by atoms with van der Waals surface area (Å²) in [6.45, 7) is 11.6. The van der Waals surface area contributed by atoms with Crippen LogP contribution in [0.2, 0.25) is 0 Å². The molecule has 4 aromatic carbocycles. The highest BCUT2D eigenvalue weighted by Gasteiger charge is 2.29. The molecular weight excluding hydrogens is 1260 g/mol. The first-order valence-electron chi connectivity index (χ1n) is 40.5. The third-order valence-electron chi connectivity index (χ3n) is 20.1. The van der Waals surface area contributed by atoms with Crippen LogP contribution in [0.5, 0.6) is 23.0 Å². The van der Waals surface area contributed by atoms with Crippen molar-refractivity contribution in [2.75, 3.05) is 26.4 Å². The molecule has 0 saturated heterocycles. The Morgan fingerprint density at radius 1 is 0.220 bits per heavy atom. The van der Waals surface area contributed by atoms with Crippen LogP contribution in [-0.4, -0.2) is 36.4 Å². The molecule has 0 aliphatic carbocycles. The van der Waals surface area contributed by atoms with E-state index in [4.69, 9.17) is 28.9 Å². The van der Waals surface area contributed by atoms with E-state index in [0.717, 1.165) is 160 Å². The molecule has 6 nitrogen and oxygen atoms in total. The van der Waals surface area contributed by atoms with Gasteiger partial charge in [0.2, 0.25) is 0 Å². The van der Waals surface area contributed by atoms with Crippen molar-refractivity contribution in [2.24, 2.45) is 0 Å². The van der Waals surface area contributed by atoms with Gasteiger partial charge in [0.25, 0.3) is 0 Å². The first kappa shape index (κ1) is 77.7. The summed E-state index contributed by atoms with van der Waals surface area (Å²) in [4.78, 5) is 11.9. The molecule has 0 amide bonds. The molecule has 0 unspecified atom stereocenters. The SMILES string of the molecule is CCCCCCCCCCCCOc1c(OCCCCCCCCCCCC)c2sc1c(-c1ccccc1)c1nc(c(-c3ccccc3)c3sc(c(OCCCCCCCCCCCC)c3OCCCCCCCCCCCC)c(-c3ccccc3)c3nc(c2-c2ccccc2)C=C3)C=C1. The van der Waals surface area contributed by atoms with Gasteiger partial charge >= 0.3 is 0 Å². The normalized spacial score (nSPS) is 11.9. The van der Waals surface area contributed by atoms with E-state index in [1.54, 1.807) is 22.7 Å². The summed E-state index contributed by atoms with van der Waals surface area (Å²) in [6, 6.07) is 43.8. The number of ether oxygens (including phenoxy) is 4. The smallest absolute Gasteiger partial charge is 0.180 e. The van der Waals surface area contributed by atoms with Crippen LogP contribution < -0.4 is 18.9 Å². The highest BCUT2D eigenvalue weighted by molar-refractivity contribution is 7.26. The summed E-state index contributed by atoms with van der Waals surface area (Å²) in [5, 5.41) is 0. The number of hydrogen-bond acceptors (Lipinski definition) is 8. The van der Waals surface area contributed by atoms with E-state index in [-0.39, 0.29) is 0 Å². The van der Waals surface area contributed by atoms with Crippen LogP contribution in [0.4, 0.5) is 0 Å². The molecule has 9 rings (SSSR count). The van der Waals surface area contributed by atoms with Crippen LogP contribution in [0.3, 0.4) is 0 Å². The zero-order valence-electron chi connectivity index (χ0n) is 62.3. The molecule has 8 bridgehead atoms. The average Bonchev–Trinajstić information content (AvgIpc) is 1.60. The van der Waals surface area contributed by atoms with Crippen molar-refractivity contribution in [1.29, 1.82) is 0 Å². The molecule has 2 aliphatic rings. The van der Waals surface area contributed by atoms with Crippen molar-refractivity contribution in [3.8, 4) is 67.5 Å². The lowest BCUT2D eigenvalue weighted by Crippen LogP contribution is -2.02. The number of nitrogens with zero attached hydrogens (tertiary/aromatic N) is 2. The van der Waals surface area contributed by atoms with Gasteiger partial charge in [0.1, 0.15) is 0 Å². The first-order chi connectivity index (χ1) is 49.6. The van der Waals surface area contributed by atoms with Gasteiger partial charge in [0.05, 0.1) is 68.0 Å². The molecule has 7 aromatic rings. The van der Waals surface area contributed by atoms with Crippen molar-refractivity contribution >= 4 is 65.8 Å². The van der Waals surface area contributed by atoms with E-state index in [9.17, 15) is 0 Å². The average molecular weight is 1390 g/mol. The van der Waals surface area contributed by atoms with E-state index >= 15 is 0 Å². The fraction of sp³-hybridized carbons (Fsp3) is 0.522. The first-order valence-corrected chi connectivity index (χ1v) is 42.1. The van der Waals surface area contributed by atoms with Crippen molar-refractivity contribution < 1.29 is 18.9 Å². The second-order valence-electron chi connectivity index (χ2n) is 28.4. The van der Waals surface area contributed by atoms with E-state index in [1.165, 1.54) is 205 Å². The highest BCUT2D eigenvalue weighted by Crippen LogP contribution is 2.55.